The van der Waals surface area contributed by atoms with Crippen molar-refractivity contribution in [2.75, 3.05) is 5.32 Å². The second kappa shape index (κ2) is 5.84. The molecule has 0 aliphatic heterocycles. The number of nitrogens with one attached hydrogen (secondary N) is 1. The van der Waals surface area contributed by atoms with Crippen LogP contribution in [0.2, 0.25) is 10.0 Å². The van der Waals surface area contributed by atoms with E-state index in [1.54, 1.807) is 23.5 Å². The van der Waals surface area contributed by atoms with Gasteiger partial charge in [0.2, 0.25) is 0 Å². The summed E-state index contributed by atoms with van der Waals surface area (Å²) in [4.78, 5) is 2.60. The van der Waals surface area contributed by atoms with E-state index in [0.717, 1.165) is 5.69 Å². The molecule has 1 heterocycles. The topological polar surface area (TPSA) is 32.3 Å². The fourth-order valence-electron chi connectivity index (χ4n) is 1.73. The van der Waals surface area contributed by atoms with Crippen LogP contribution in [0.3, 0.4) is 0 Å². The van der Waals surface area contributed by atoms with Crippen molar-refractivity contribution < 1.29 is 5.11 Å². The number of anilines is 1. The number of thiophene rings is 1. The predicted octanol–water partition coefficient (Wildman–Crippen LogP) is 5.67. The summed E-state index contributed by atoms with van der Waals surface area (Å²) < 4.78 is 0. The Labute approximate surface area is 133 Å². The largest absolute Gasteiger partial charge is 0.505 e. The molecule has 0 radical (unpaired) electrons. The average Bonchev–Trinajstić information content (AvgIpc) is 2.82. The molecule has 0 saturated carbocycles. The Morgan fingerprint density at radius 2 is 1.75 bits per heavy atom. The number of phenols is 1. The number of hydrogen-bond donors (Lipinski definition) is 2. The van der Waals surface area contributed by atoms with Gasteiger partial charge in [-0.3, -0.25) is 0 Å². The monoisotopic (exact) mass is 329 g/mol. The Balaban J connectivity index is 2.08. The van der Waals surface area contributed by atoms with Crippen LogP contribution >= 0.6 is 34.5 Å². The molecule has 0 saturated heterocycles. The SMILES string of the molecule is CC(C)(C)c1ccc(CNc2cc(Cl)c(O)c(Cl)c2)s1. The number of aromatic hydroxyl groups is 1. The zero-order valence-corrected chi connectivity index (χ0v) is 14.0. The van der Waals surface area contributed by atoms with Gasteiger partial charge in [-0.25, -0.2) is 0 Å². The van der Waals surface area contributed by atoms with Gasteiger partial charge in [-0.2, -0.15) is 0 Å². The highest BCUT2D eigenvalue weighted by molar-refractivity contribution is 7.12. The molecule has 1 aromatic carbocycles. The van der Waals surface area contributed by atoms with Crippen molar-refractivity contribution in [3.8, 4) is 5.75 Å². The van der Waals surface area contributed by atoms with Crippen LogP contribution in [-0.2, 0) is 12.0 Å². The number of phenolic OH excluding ortho intramolecular Hbond substituents is 1. The summed E-state index contributed by atoms with van der Waals surface area (Å²) in [6.45, 7) is 7.32. The second-order valence-electron chi connectivity index (χ2n) is 5.66. The summed E-state index contributed by atoms with van der Waals surface area (Å²) in [6, 6.07) is 7.63. The molecular weight excluding hydrogens is 313 g/mol. The fraction of sp³-hybridized carbons (Fsp3) is 0.333. The molecule has 0 fully saturated rings. The normalized spacial score (nSPS) is 11.7. The van der Waals surface area contributed by atoms with Gasteiger partial charge in [0.05, 0.1) is 10.0 Å². The molecule has 0 atom stereocenters. The third-order valence-electron chi connectivity index (χ3n) is 2.88. The maximum Gasteiger partial charge on any atom is 0.152 e. The van der Waals surface area contributed by atoms with E-state index in [9.17, 15) is 5.11 Å². The van der Waals surface area contributed by atoms with E-state index in [2.05, 4.69) is 38.2 Å². The molecule has 5 heteroatoms. The molecule has 0 aliphatic rings. The van der Waals surface area contributed by atoms with E-state index in [1.165, 1.54) is 9.75 Å². The van der Waals surface area contributed by atoms with Crippen molar-refractivity contribution in [2.24, 2.45) is 0 Å². The van der Waals surface area contributed by atoms with Crippen LogP contribution in [0.1, 0.15) is 30.5 Å². The fourth-order valence-corrected chi connectivity index (χ4v) is 3.22. The highest BCUT2D eigenvalue weighted by Crippen LogP contribution is 2.35. The summed E-state index contributed by atoms with van der Waals surface area (Å²) >= 11 is 13.6. The summed E-state index contributed by atoms with van der Waals surface area (Å²) in [7, 11) is 0. The average molecular weight is 330 g/mol. The van der Waals surface area contributed by atoms with E-state index in [4.69, 9.17) is 23.2 Å². The van der Waals surface area contributed by atoms with Crippen LogP contribution in [0, 0.1) is 0 Å². The molecule has 2 N–H and O–H groups in total. The van der Waals surface area contributed by atoms with Crippen LogP contribution in [0.5, 0.6) is 5.75 Å². The highest BCUT2D eigenvalue weighted by Gasteiger charge is 2.16. The molecule has 0 amide bonds. The lowest BCUT2D eigenvalue weighted by atomic mass is 9.95. The van der Waals surface area contributed by atoms with Crippen LogP contribution in [0.4, 0.5) is 5.69 Å². The number of rotatable bonds is 3. The van der Waals surface area contributed by atoms with Crippen molar-refractivity contribution in [3.63, 3.8) is 0 Å². The van der Waals surface area contributed by atoms with Gasteiger partial charge in [0.15, 0.2) is 5.75 Å². The first kappa shape index (κ1) is 15.5. The Morgan fingerprint density at radius 1 is 1.15 bits per heavy atom. The minimum atomic E-state index is -0.0787. The minimum absolute atomic E-state index is 0.0787. The van der Waals surface area contributed by atoms with E-state index in [-0.39, 0.29) is 21.2 Å². The van der Waals surface area contributed by atoms with E-state index < -0.39 is 0 Å². The molecule has 2 aromatic rings. The van der Waals surface area contributed by atoms with Gasteiger partial charge in [-0.1, -0.05) is 44.0 Å². The molecule has 0 unspecified atom stereocenters. The minimum Gasteiger partial charge on any atom is -0.505 e. The molecule has 2 rings (SSSR count). The lowest BCUT2D eigenvalue weighted by Gasteiger charge is -2.15. The zero-order chi connectivity index (χ0) is 14.9. The van der Waals surface area contributed by atoms with Gasteiger partial charge in [0.25, 0.3) is 0 Å². The molecule has 2 nitrogen and oxygen atoms in total. The first-order chi connectivity index (χ1) is 9.27. The number of halogens is 2. The quantitative estimate of drug-likeness (QED) is 0.711. The third-order valence-corrected chi connectivity index (χ3v) is 4.97. The van der Waals surface area contributed by atoms with Gasteiger partial charge in [-0.05, 0) is 29.7 Å². The first-order valence-electron chi connectivity index (χ1n) is 6.28. The maximum absolute atomic E-state index is 9.52. The molecule has 0 spiro atoms. The lowest BCUT2D eigenvalue weighted by molar-refractivity contribution is 0.476. The van der Waals surface area contributed by atoms with Crippen LogP contribution in [0.15, 0.2) is 24.3 Å². The van der Waals surface area contributed by atoms with Gasteiger partial charge in [0, 0.05) is 22.0 Å². The van der Waals surface area contributed by atoms with Crippen LogP contribution < -0.4 is 5.32 Å². The molecule has 20 heavy (non-hydrogen) atoms. The standard InChI is InChI=1S/C15H17Cl2NOS/c1-15(2,3)13-5-4-10(20-13)8-18-9-6-11(16)14(19)12(17)7-9/h4-7,18-19H,8H2,1-3H3. The van der Waals surface area contributed by atoms with Crippen LogP contribution in [-0.4, -0.2) is 5.11 Å². The first-order valence-corrected chi connectivity index (χ1v) is 7.85. The molecule has 1 aromatic heterocycles. The van der Waals surface area contributed by atoms with Crippen molar-refractivity contribution in [2.45, 2.75) is 32.7 Å². The predicted molar refractivity (Wildman–Crippen MR) is 88.5 cm³/mol. The Hall–Kier alpha value is -0.900. The van der Waals surface area contributed by atoms with E-state index in [0.29, 0.717) is 6.54 Å². The van der Waals surface area contributed by atoms with Crippen molar-refractivity contribution in [1.82, 2.24) is 0 Å². The second-order valence-corrected chi connectivity index (χ2v) is 7.64. The summed E-state index contributed by atoms with van der Waals surface area (Å²) in [6.07, 6.45) is 0. The number of hydrogen-bond acceptors (Lipinski definition) is 3. The van der Waals surface area contributed by atoms with Crippen molar-refractivity contribution in [1.29, 1.82) is 0 Å². The van der Waals surface area contributed by atoms with Crippen molar-refractivity contribution >= 4 is 40.2 Å². The molecular formula is C15H17Cl2NOS. The van der Waals surface area contributed by atoms with Gasteiger partial charge in [-0.15, -0.1) is 11.3 Å². The molecule has 108 valence electrons. The Morgan fingerprint density at radius 3 is 2.25 bits per heavy atom. The number of benzene rings is 1. The zero-order valence-electron chi connectivity index (χ0n) is 11.6. The highest BCUT2D eigenvalue weighted by atomic mass is 35.5. The van der Waals surface area contributed by atoms with E-state index in [1.807, 2.05) is 0 Å². The lowest BCUT2D eigenvalue weighted by Crippen LogP contribution is -2.07. The smallest absolute Gasteiger partial charge is 0.152 e. The Bertz CT molecular complexity index is 594. The van der Waals surface area contributed by atoms with Gasteiger partial charge < -0.3 is 10.4 Å². The van der Waals surface area contributed by atoms with Gasteiger partial charge in [0.1, 0.15) is 0 Å². The summed E-state index contributed by atoms with van der Waals surface area (Å²) in [5.74, 6) is -0.0787. The summed E-state index contributed by atoms with van der Waals surface area (Å²) in [5.41, 5.74) is 0.970. The van der Waals surface area contributed by atoms with Crippen LogP contribution in [0.25, 0.3) is 0 Å². The van der Waals surface area contributed by atoms with Crippen molar-refractivity contribution in [3.05, 3.63) is 44.1 Å². The summed E-state index contributed by atoms with van der Waals surface area (Å²) in [5, 5.41) is 13.3. The Kier molecular flexibility index (Phi) is 4.52. The molecule has 0 aliphatic carbocycles. The van der Waals surface area contributed by atoms with Gasteiger partial charge >= 0.3 is 0 Å². The molecule has 0 bridgehead atoms. The van der Waals surface area contributed by atoms with E-state index >= 15 is 0 Å². The third kappa shape index (κ3) is 3.60. The maximum atomic E-state index is 9.52.